The van der Waals surface area contributed by atoms with E-state index in [-0.39, 0.29) is 9.23 Å². The van der Waals surface area contributed by atoms with Gasteiger partial charge in [0.2, 0.25) is 5.91 Å². The zero-order chi connectivity index (χ0) is 19.4. The molecule has 0 bridgehead atoms. The first-order chi connectivity index (χ1) is 12.3. The summed E-state index contributed by atoms with van der Waals surface area (Å²) in [6, 6.07) is 3.63. The first kappa shape index (κ1) is 19.7. The van der Waals surface area contributed by atoms with Gasteiger partial charge in [-0.15, -0.1) is 0 Å². The van der Waals surface area contributed by atoms with Gasteiger partial charge in [-0.05, 0) is 23.8 Å². The Balaban J connectivity index is 2.34. The van der Waals surface area contributed by atoms with Crippen LogP contribution < -0.4 is 15.2 Å². The third kappa shape index (κ3) is 4.14. The SMILES string of the molecule is COc1ccc(/C=C2\SC(=S)N(C(CC(N)=O)C(=O)O)C2=O)cc1OC. The molecule has 26 heavy (non-hydrogen) atoms. The first-order valence-electron chi connectivity index (χ1n) is 7.28. The first-order valence-corrected chi connectivity index (χ1v) is 8.51. The van der Waals surface area contributed by atoms with Crippen LogP contribution in [0.1, 0.15) is 12.0 Å². The van der Waals surface area contributed by atoms with E-state index in [1.54, 1.807) is 24.3 Å². The maximum atomic E-state index is 12.6. The molecule has 2 amide bonds. The van der Waals surface area contributed by atoms with E-state index in [1.807, 2.05) is 0 Å². The van der Waals surface area contributed by atoms with Crippen LogP contribution in [-0.2, 0) is 14.4 Å². The van der Waals surface area contributed by atoms with E-state index in [9.17, 15) is 19.5 Å². The van der Waals surface area contributed by atoms with Crippen LogP contribution in [0.25, 0.3) is 6.08 Å². The Morgan fingerprint density at radius 3 is 2.54 bits per heavy atom. The zero-order valence-electron chi connectivity index (χ0n) is 13.9. The quantitative estimate of drug-likeness (QED) is 0.522. The summed E-state index contributed by atoms with van der Waals surface area (Å²) in [6.07, 6.45) is 1.04. The summed E-state index contributed by atoms with van der Waals surface area (Å²) in [7, 11) is 3.00. The summed E-state index contributed by atoms with van der Waals surface area (Å²) < 4.78 is 10.4. The van der Waals surface area contributed by atoms with Crippen LogP contribution >= 0.6 is 24.0 Å². The van der Waals surface area contributed by atoms with Crippen LogP contribution in [0.15, 0.2) is 23.1 Å². The Bertz CT molecular complexity index is 808. The van der Waals surface area contributed by atoms with Crippen LogP contribution in [-0.4, -0.2) is 52.4 Å². The van der Waals surface area contributed by atoms with Gasteiger partial charge in [0, 0.05) is 0 Å². The lowest BCUT2D eigenvalue weighted by Crippen LogP contribution is -2.46. The molecule has 8 nitrogen and oxygen atoms in total. The van der Waals surface area contributed by atoms with Gasteiger partial charge in [-0.2, -0.15) is 0 Å². The van der Waals surface area contributed by atoms with Gasteiger partial charge in [0.05, 0.1) is 25.5 Å². The minimum absolute atomic E-state index is 0.0513. The lowest BCUT2D eigenvalue weighted by molar-refractivity contribution is -0.146. The number of nitrogens with two attached hydrogens (primary N) is 1. The van der Waals surface area contributed by atoms with Gasteiger partial charge in [-0.3, -0.25) is 14.5 Å². The molecule has 10 heteroatoms. The Hall–Kier alpha value is -2.59. The third-order valence-corrected chi connectivity index (χ3v) is 4.85. The number of amides is 2. The molecule has 1 aliphatic heterocycles. The molecule has 1 aromatic rings. The number of rotatable bonds is 7. The molecule has 1 unspecified atom stereocenters. The van der Waals surface area contributed by atoms with E-state index in [4.69, 9.17) is 27.4 Å². The fourth-order valence-electron chi connectivity index (χ4n) is 2.32. The van der Waals surface area contributed by atoms with Crippen LogP contribution in [0.5, 0.6) is 11.5 Å². The number of thioether (sulfide) groups is 1. The van der Waals surface area contributed by atoms with Crippen LogP contribution in [0, 0.1) is 0 Å². The number of thiocarbonyl (C=S) groups is 1. The number of carbonyl (C=O) groups is 3. The highest BCUT2D eigenvalue weighted by Gasteiger charge is 2.41. The van der Waals surface area contributed by atoms with Gasteiger partial charge in [-0.1, -0.05) is 30.0 Å². The van der Waals surface area contributed by atoms with Crippen LogP contribution in [0.4, 0.5) is 0 Å². The van der Waals surface area contributed by atoms with Crippen molar-refractivity contribution in [2.24, 2.45) is 5.73 Å². The van der Waals surface area contributed by atoms with Crippen molar-refractivity contribution in [3.63, 3.8) is 0 Å². The van der Waals surface area contributed by atoms with Crippen molar-refractivity contribution in [1.29, 1.82) is 0 Å². The van der Waals surface area contributed by atoms with Crippen LogP contribution in [0.2, 0.25) is 0 Å². The monoisotopic (exact) mass is 396 g/mol. The van der Waals surface area contributed by atoms with E-state index < -0.39 is 30.2 Å². The molecule has 1 saturated heterocycles. The number of carboxylic acid groups (broad SMARTS) is 1. The summed E-state index contributed by atoms with van der Waals surface area (Å²) in [5.74, 6) is -1.77. The van der Waals surface area contributed by atoms with Crippen molar-refractivity contribution in [3.05, 3.63) is 28.7 Å². The minimum atomic E-state index is -1.43. The second kappa shape index (κ2) is 8.19. The molecular formula is C16H16N2O6S2. The Morgan fingerprint density at radius 1 is 1.35 bits per heavy atom. The smallest absolute Gasteiger partial charge is 0.327 e. The summed E-state index contributed by atoms with van der Waals surface area (Å²) in [6.45, 7) is 0. The van der Waals surface area contributed by atoms with Gasteiger partial charge < -0.3 is 20.3 Å². The van der Waals surface area contributed by atoms with Gasteiger partial charge in [0.1, 0.15) is 10.4 Å². The number of ether oxygens (including phenoxy) is 2. The lowest BCUT2D eigenvalue weighted by atomic mass is 10.1. The van der Waals surface area contributed by atoms with Crippen molar-refractivity contribution >= 4 is 52.2 Å². The number of carbonyl (C=O) groups excluding carboxylic acids is 2. The highest BCUT2D eigenvalue weighted by molar-refractivity contribution is 8.26. The van der Waals surface area contributed by atoms with Gasteiger partial charge >= 0.3 is 5.97 Å². The van der Waals surface area contributed by atoms with Crippen LogP contribution in [0.3, 0.4) is 0 Å². The fraction of sp³-hybridized carbons (Fsp3) is 0.250. The van der Waals surface area contributed by atoms with Crippen molar-refractivity contribution in [2.45, 2.75) is 12.5 Å². The summed E-state index contributed by atoms with van der Waals surface area (Å²) in [5, 5.41) is 9.30. The number of benzene rings is 1. The Kier molecular flexibility index (Phi) is 6.22. The average molecular weight is 396 g/mol. The molecule has 0 aromatic heterocycles. The highest BCUT2D eigenvalue weighted by Crippen LogP contribution is 2.36. The Morgan fingerprint density at radius 2 is 2.00 bits per heavy atom. The summed E-state index contributed by atoms with van der Waals surface area (Å²) in [5.41, 5.74) is 5.72. The maximum Gasteiger partial charge on any atom is 0.327 e. The second-order valence-corrected chi connectivity index (χ2v) is 6.87. The molecule has 2 rings (SSSR count). The normalized spacial score (nSPS) is 16.7. The molecular weight excluding hydrogens is 380 g/mol. The van der Waals surface area contributed by atoms with E-state index in [2.05, 4.69) is 0 Å². The summed E-state index contributed by atoms with van der Waals surface area (Å²) in [4.78, 5) is 36.3. The van der Waals surface area contributed by atoms with E-state index >= 15 is 0 Å². The molecule has 1 aromatic carbocycles. The van der Waals surface area contributed by atoms with Gasteiger partial charge in [-0.25, -0.2) is 4.79 Å². The van der Waals surface area contributed by atoms with Gasteiger partial charge in [0.15, 0.2) is 11.5 Å². The van der Waals surface area contributed by atoms with E-state index in [0.717, 1.165) is 16.7 Å². The molecule has 0 radical (unpaired) electrons. The molecule has 1 heterocycles. The largest absolute Gasteiger partial charge is 0.493 e. The van der Waals surface area contributed by atoms with E-state index in [0.29, 0.717) is 17.1 Å². The predicted molar refractivity (Wildman–Crippen MR) is 99.8 cm³/mol. The topological polar surface area (TPSA) is 119 Å². The van der Waals surface area contributed by atoms with Crippen molar-refractivity contribution in [2.75, 3.05) is 14.2 Å². The molecule has 138 valence electrons. The molecule has 0 spiro atoms. The number of carboxylic acids is 1. The fourth-order valence-corrected chi connectivity index (χ4v) is 3.68. The number of hydrogen-bond acceptors (Lipinski definition) is 7. The molecule has 1 atom stereocenters. The number of aliphatic carboxylic acids is 1. The molecule has 0 saturated carbocycles. The van der Waals surface area contributed by atoms with E-state index in [1.165, 1.54) is 14.2 Å². The highest BCUT2D eigenvalue weighted by atomic mass is 32.2. The van der Waals surface area contributed by atoms with Crippen molar-refractivity contribution < 1.29 is 29.0 Å². The number of methoxy groups -OCH3 is 2. The number of primary amides is 1. The molecule has 1 aliphatic rings. The summed E-state index contributed by atoms with van der Waals surface area (Å²) >= 11 is 6.07. The van der Waals surface area contributed by atoms with Gasteiger partial charge in [0.25, 0.3) is 5.91 Å². The Labute approximate surface area is 158 Å². The third-order valence-electron chi connectivity index (χ3n) is 3.52. The number of nitrogens with zero attached hydrogens (tertiary/aromatic N) is 1. The van der Waals surface area contributed by atoms with Crippen molar-refractivity contribution in [3.8, 4) is 11.5 Å². The average Bonchev–Trinajstić information content (AvgIpc) is 2.86. The zero-order valence-corrected chi connectivity index (χ0v) is 15.6. The second-order valence-electron chi connectivity index (χ2n) is 5.19. The standard InChI is InChI=1S/C16H16N2O6S2/c1-23-10-4-3-8(5-11(10)24-2)6-12-14(20)18(16(25)26-12)9(15(21)22)7-13(17)19/h3-6,9H,7H2,1-2H3,(H2,17,19)(H,21,22)/b12-6-. The molecule has 3 N–H and O–H groups in total. The molecule has 0 aliphatic carbocycles. The minimum Gasteiger partial charge on any atom is -0.493 e. The van der Waals surface area contributed by atoms with Crippen molar-refractivity contribution in [1.82, 2.24) is 4.90 Å². The number of hydrogen-bond donors (Lipinski definition) is 2. The predicted octanol–water partition coefficient (Wildman–Crippen LogP) is 1.23. The lowest BCUT2D eigenvalue weighted by Gasteiger charge is -2.21. The molecule has 1 fully saturated rings. The maximum absolute atomic E-state index is 12.6.